The first-order valence-corrected chi connectivity index (χ1v) is 7.87. The summed E-state index contributed by atoms with van der Waals surface area (Å²) >= 11 is 3.18. The number of hydrogen-bond acceptors (Lipinski definition) is 3. The normalized spacial score (nSPS) is 11.2. The van der Waals surface area contributed by atoms with E-state index in [2.05, 4.69) is 25.8 Å². The topological polar surface area (TPSA) is 12.9 Å². The van der Waals surface area contributed by atoms with Crippen LogP contribution >= 0.6 is 23.1 Å². The smallest absolute Gasteiger partial charge is 0.134 e. The van der Waals surface area contributed by atoms with Crippen LogP contribution in [-0.2, 0) is 0 Å². The van der Waals surface area contributed by atoms with Gasteiger partial charge in [0.1, 0.15) is 10.8 Å². The Kier molecular flexibility index (Phi) is 4.40. The predicted octanol–water partition coefficient (Wildman–Crippen LogP) is 5.18. The lowest BCUT2D eigenvalue weighted by Gasteiger charge is -2.06. The molecule has 18 heavy (non-hydrogen) atoms. The molecule has 0 amide bonds. The van der Waals surface area contributed by atoms with Crippen LogP contribution in [0.1, 0.15) is 32.4 Å². The number of thioether (sulfide) groups is 1. The Morgan fingerprint density at radius 2 is 2.17 bits per heavy atom. The number of rotatable bonds is 4. The molecule has 0 atom stereocenters. The monoisotopic (exact) mass is 281 g/mol. The number of halogens is 1. The highest BCUT2D eigenvalue weighted by Crippen LogP contribution is 2.36. The van der Waals surface area contributed by atoms with Crippen LogP contribution in [0, 0.1) is 5.82 Å². The molecule has 0 fully saturated rings. The van der Waals surface area contributed by atoms with Gasteiger partial charge in [-0.15, -0.1) is 23.1 Å². The van der Waals surface area contributed by atoms with E-state index in [9.17, 15) is 4.39 Å². The van der Waals surface area contributed by atoms with Crippen LogP contribution in [0.5, 0.6) is 0 Å². The lowest BCUT2D eigenvalue weighted by molar-refractivity contribution is 0.628. The second-order valence-corrected chi connectivity index (χ2v) is 6.44. The maximum atomic E-state index is 14.0. The number of thiazole rings is 1. The Morgan fingerprint density at radius 3 is 2.78 bits per heavy atom. The molecule has 0 bridgehead atoms. The molecule has 0 saturated carbocycles. The van der Waals surface area contributed by atoms with Crippen molar-refractivity contribution in [2.75, 3.05) is 5.75 Å². The van der Waals surface area contributed by atoms with Gasteiger partial charge in [0, 0.05) is 10.3 Å². The summed E-state index contributed by atoms with van der Waals surface area (Å²) in [7, 11) is 0. The van der Waals surface area contributed by atoms with Gasteiger partial charge in [-0.25, -0.2) is 9.37 Å². The zero-order chi connectivity index (χ0) is 13.1. The molecule has 2 aromatic rings. The molecular weight excluding hydrogens is 265 g/mol. The van der Waals surface area contributed by atoms with Crippen molar-refractivity contribution in [3.05, 3.63) is 35.1 Å². The van der Waals surface area contributed by atoms with E-state index in [-0.39, 0.29) is 5.82 Å². The van der Waals surface area contributed by atoms with Crippen molar-refractivity contribution >= 4 is 23.1 Å². The number of benzene rings is 1. The molecule has 0 saturated heterocycles. The predicted molar refractivity (Wildman–Crippen MR) is 78.0 cm³/mol. The molecule has 0 radical (unpaired) electrons. The Balaban J connectivity index is 2.48. The van der Waals surface area contributed by atoms with Gasteiger partial charge in [0.2, 0.25) is 0 Å². The maximum Gasteiger partial charge on any atom is 0.134 e. The van der Waals surface area contributed by atoms with E-state index in [0.717, 1.165) is 21.3 Å². The summed E-state index contributed by atoms with van der Waals surface area (Å²) in [5.74, 6) is 1.13. The van der Waals surface area contributed by atoms with E-state index in [1.165, 1.54) is 17.4 Å². The second kappa shape index (κ2) is 5.85. The van der Waals surface area contributed by atoms with Crippen LogP contribution < -0.4 is 0 Å². The number of hydrogen-bond donors (Lipinski definition) is 0. The molecule has 0 spiro atoms. The van der Waals surface area contributed by atoms with Crippen LogP contribution in [0.25, 0.3) is 10.6 Å². The average molecular weight is 281 g/mol. The lowest BCUT2D eigenvalue weighted by atomic mass is 10.1. The maximum absolute atomic E-state index is 14.0. The molecule has 1 nitrogen and oxygen atoms in total. The molecule has 1 heterocycles. The van der Waals surface area contributed by atoms with Crippen LogP contribution in [-0.4, -0.2) is 10.7 Å². The van der Waals surface area contributed by atoms with Gasteiger partial charge >= 0.3 is 0 Å². The first-order chi connectivity index (χ1) is 8.63. The van der Waals surface area contributed by atoms with E-state index in [1.807, 2.05) is 11.4 Å². The minimum atomic E-state index is -0.182. The van der Waals surface area contributed by atoms with Gasteiger partial charge in [0.25, 0.3) is 0 Å². The quantitative estimate of drug-likeness (QED) is 0.716. The molecule has 0 aliphatic carbocycles. The minimum Gasteiger partial charge on any atom is -0.241 e. The molecule has 96 valence electrons. The summed E-state index contributed by atoms with van der Waals surface area (Å²) in [6.45, 7) is 6.27. The third-order valence-corrected chi connectivity index (χ3v) is 4.42. The van der Waals surface area contributed by atoms with Gasteiger partial charge in [0.05, 0.1) is 11.3 Å². The minimum absolute atomic E-state index is 0.182. The third-order valence-electron chi connectivity index (χ3n) is 2.60. The van der Waals surface area contributed by atoms with Crippen LogP contribution in [0.4, 0.5) is 4.39 Å². The Morgan fingerprint density at radius 1 is 1.39 bits per heavy atom. The van der Waals surface area contributed by atoms with E-state index in [1.54, 1.807) is 17.8 Å². The van der Waals surface area contributed by atoms with Crippen molar-refractivity contribution in [2.45, 2.75) is 31.6 Å². The second-order valence-electron chi connectivity index (χ2n) is 4.28. The van der Waals surface area contributed by atoms with Crippen LogP contribution in [0.15, 0.2) is 28.5 Å². The number of nitrogens with zero attached hydrogens (tertiary/aromatic N) is 1. The number of aromatic nitrogens is 1. The fourth-order valence-electron chi connectivity index (χ4n) is 1.65. The fourth-order valence-corrected chi connectivity index (χ4v) is 3.58. The van der Waals surface area contributed by atoms with E-state index >= 15 is 0 Å². The molecule has 0 aliphatic rings. The third kappa shape index (κ3) is 2.75. The molecule has 1 aromatic heterocycles. The first kappa shape index (κ1) is 13.6. The zero-order valence-corrected chi connectivity index (χ0v) is 12.4. The SMILES string of the molecule is CCSc1cccc(F)c1-c1nc(C(C)C)cs1. The lowest BCUT2D eigenvalue weighted by Crippen LogP contribution is -1.90. The van der Waals surface area contributed by atoms with E-state index in [4.69, 9.17) is 0 Å². The zero-order valence-electron chi connectivity index (χ0n) is 10.7. The fraction of sp³-hybridized carbons (Fsp3) is 0.357. The van der Waals surface area contributed by atoms with Gasteiger partial charge in [-0.3, -0.25) is 0 Å². The standard InChI is InChI=1S/C14H16FNS2/c1-4-17-12-7-5-6-10(15)13(12)14-16-11(8-18-14)9(2)3/h5-9H,4H2,1-3H3. The van der Waals surface area contributed by atoms with Crippen molar-refractivity contribution in [1.82, 2.24) is 4.98 Å². The molecule has 1 aromatic carbocycles. The van der Waals surface area contributed by atoms with Crippen LogP contribution in [0.3, 0.4) is 0 Å². The molecule has 0 unspecified atom stereocenters. The first-order valence-electron chi connectivity index (χ1n) is 6.00. The summed E-state index contributed by atoms with van der Waals surface area (Å²) in [4.78, 5) is 5.52. The molecule has 4 heteroatoms. The Hall–Kier alpha value is -0.870. The van der Waals surface area contributed by atoms with Crippen molar-refractivity contribution in [3.8, 4) is 10.6 Å². The Labute approximate surface area is 115 Å². The highest BCUT2D eigenvalue weighted by Gasteiger charge is 2.15. The van der Waals surface area contributed by atoms with Gasteiger partial charge in [-0.05, 0) is 23.8 Å². The van der Waals surface area contributed by atoms with Gasteiger partial charge in [-0.1, -0.05) is 26.8 Å². The summed E-state index contributed by atoms with van der Waals surface area (Å²) in [5, 5.41) is 2.81. The van der Waals surface area contributed by atoms with Crippen molar-refractivity contribution in [2.24, 2.45) is 0 Å². The van der Waals surface area contributed by atoms with Crippen LogP contribution in [0.2, 0.25) is 0 Å². The van der Waals surface area contributed by atoms with E-state index in [0.29, 0.717) is 11.5 Å². The summed E-state index contributed by atoms with van der Waals surface area (Å²) < 4.78 is 14.0. The molecule has 0 N–H and O–H groups in total. The summed E-state index contributed by atoms with van der Waals surface area (Å²) in [6.07, 6.45) is 0. The van der Waals surface area contributed by atoms with Gasteiger partial charge in [0.15, 0.2) is 0 Å². The highest BCUT2D eigenvalue weighted by molar-refractivity contribution is 7.99. The van der Waals surface area contributed by atoms with Gasteiger partial charge in [-0.2, -0.15) is 0 Å². The summed E-state index contributed by atoms with van der Waals surface area (Å²) in [6, 6.07) is 5.22. The highest BCUT2D eigenvalue weighted by atomic mass is 32.2. The largest absolute Gasteiger partial charge is 0.241 e. The van der Waals surface area contributed by atoms with Crippen molar-refractivity contribution in [1.29, 1.82) is 0 Å². The van der Waals surface area contributed by atoms with E-state index < -0.39 is 0 Å². The molecular formula is C14H16FNS2. The van der Waals surface area contributed by atoms with Crippen molar-refractivity contribution < 1.29 is 4.39 Å². The van der Waals surface area contributed by atoms with Crippen molar-refractivity contribution in [3.63, 3.8) is 0 Å². The Bertz CT molecular complexity index is 534. The summed E-state index contributed by atoms with van der Waals surface area (Å²) in [5.41, 5.74) is 1.69. The molecule has 2 rings (SSSR count). The van der Waals surface area contributed by atoms with Gasteiger partial charge < -0.3 is 0 Å². The molecule has 0 aliphatic heterocycles. The average Bonchev–Trinajstić information content (AvgIpc) is 2.79.